The van der Waals surface area contributed by atoms with Crippen LogP contribution >= 0.6 is 0 Å². The topological polar surface area (TPSA) is 81.8 Å². The number of aliphatic hydroxyl groups is 1. The molecule has 0 aromatic heterocycles. The van der Waals surface area contributed by atoms with Gasteiger partial charge in [-0.15, -0.1) is 0 Å². The summed E-state index contributed by atoms with van der Waals surface area (Å²) < 4.78 is 10.1. The highest BCUT2D eigenvalue weighted by Gasteiger charge is 2.54. The Labute approximate surface area is 75.6 Å². The molecule has 0 radical (unpaired) electrons. The molecule has 6 nitrogen and oxygen atoms in total. The third-order valence-corrected chi connectivity index (χ3v) is 2.06. The number of rotatable bonds is 1. The second-order valence-corrected chi connectivity index (χ2v) is 3.58. The Morgan fingerprint density at radius 2 is 2.15 bits per heavy atom. The fourth-order valence-electron chi connectivity index (χ4n) is 1.15. The molecular weight excluding hydrogens is 178 g/mol. The van der Waals surface area contributed by atoms with Gasteiger partial charge in [0, 0.05) is 0 Å². The number of hydrogen-bond donors (Lipinski definition) is 1. The molecule has 0 amide bonds. The van der Waals surface area contributed by atoms with Gasteiger partial charge in [-0.3, -0.25) is 10.1 Å². The smallest absolute Gasteiger partial charge is 0.340 e. The fraction of sp³-hybridized carbons (Fsp3) is 1.00. The monoisotopic (exact) mass is 191 g/mol. The summed E-state index contributed by atoms with van der Waals surface area (Å²) in [5.74, 6) is -0.873. The van der Waals surface area contributed by atoms with Crippen LogP contribution < -0.4 is 0 Å². The SMILES string of the molecule is CC1OC(C)(C)OCC1(O)[N+](=O)[O-]. The van der Waals surface area contributed by atoms with Crippen LogP contribution in [0, 0.1) is 10.1 Å². The van der Waals surface area contributed by atoms with Gasteiger partial charge in [0.25, 0.3) is 0 Å². The summed E-state index contributed by atoms with van der Waals surface area (Å²) in [5, 5.41) is 20.0. The van der Waals surface area contributed by atoms with Crippen molar-refractivity contribution >= 4 is 0 Å². The van der Waals surface area contributed by atoms with E-state index < -0.39 is 22.5 Å². The van der Waals surface area contributed by atoms with Crippen molar-refractivity contribution in [2.24, 2.45) is 0 Å². The molecule has 2 unspecified atom stereocenters. The van der Waals surface area contributed by atoms with Crippen LogP contribution in [0.4, 0.5) is 0 Å². The minimum absolute atomic E-state index is 0.353. The lowest BCUT2D eigenvalue weighted by Crippen LogP contribution is -2.60. The molecule has 0 spiro atoms. The number of nitrogens with zero attached hydrogens (tertiary/aromatic N) is 1. The molecule has 0 aromatic carbocycles. The van der Waals surface area contributed by atoms with Crippen molar-refractivity contribution in [3.8, 4) is 0 Å². The maximum atomic E-state index is 10.5. The summed E-state index contributed by atoms with van der Waals surface area (Å²) in [6.45, 7) is 4.38. The van der Waals surface area contributed by atoms with Gasteiger partial charge in [-0.25, -0.2) is 0 Å². The first-order chi connectivity index (χ1) is 5.78. The molecule has 0 saturated carbocycles. The zero-order chi connectivity index (χ0) is 10.3. The van der Waals surface area contributed by atoms with Gasteiger partial charge in [0.05, 0.1) is 4.92 Å². The van der Waals surface area contributed by atoms with E-state index in [4.69, 9.17) is 9.47 Å². The molecule has 1 N–H and O–H groups in total. The first kappa shape index (κ1) is 10.4. The van der Waals surface area contributed by atoms with E-state index in [1.54, 1.807) is 13.8 Å². The molecular formula is C7H13NO5. The molecule has 1 saturated heterocycles. The van der Waals surface area contributed by atoms with Crippen molar-refractivity contribution in [1.82, 2.24) is 0 Å². The second kappa shape index (κ2) is 2.90. The highest BCUT2D eigenvalue weighted by molar-refractivity contribution is 4.80. The van der Waals surface area contributed by atoms with Crippen molar-refractivity contribution in [2.45, 2.75) is 38.4 Å². The maximum Gasteiger partial charge on any atom is 0.371 e. The third-order valence-electron chi connectivity index (χ3n) is 2.06. The number of ether oxygens (including phenoxy) is 2. The van der Waals surface area contributed by atoms with Crippen molar-refractivity contribution in [3.63, 3.8) is 0 Å². The summed E-state index contributed by atoms with van der Waals surface area (Å²) in [7, 11) is 0. The van der Waals surface area contributed by atoms with Crippen LogP contribution in [0.1, 0.15) is 20.8 Å². The van der Waals surface area contributed by atoms with Gasteiger partial charge in [-0.05, 0) is 20.8 Å². The van der Waals surface area contributed by atoms with Crippen molar-refractivity contribution in [2.75, 3.05) is 6.61 Å². The molecule has 1 aliphatic heterocycles. The average molecular weight is 191 g/mol. The molecule has 1 heterocycles. The Bertz CT molecular complexity index is 229. The first-order valence-corrected chi connectivity index (χ1v) is 3.96. The van der Waals surface area contributed by atoms with E-state index in [1.807, 2.05) is 0 Å². The van der Waals surface area contributed by atoms with Crippen LogP contribution in [-0.4, -0.2) is 34.3 Å². The van der Waals surface area contributed by atoms with Gasteiger partial charge in [0.2, 0.25) is 0 Å². The molecule has 76 valence electrons. The fourth-order valence-corrected chi connectivity index (χ4v) is 1.15. The van der Waals surface area contributed by atoms with E-state index in [2.05, 4.69) is 0 Å². The predicted octanol–water partition coefficient (Wildman–Crippen LogP) is 0.123. The van der Waals surface area contributed by atoms with Crippen LogP contribution in [0.2, 0.25) is 0 Å². The Kier molecular flexibility index (Phi) is 2.31. The van der Waals surface area contributed by atoms with Gasteiger partial charge >= 0.3 is 5.72 Å². The van der Waals surface area contributed by atoms with E-state index in [-0.39, 0.29) is 6.61 Å². The average Bonchev–Trinajstić information content (AvgIpc) is 1.96. The summed E-state index contributed by atoms with van der Waals surface area (Å²) >= 11 is 0. The van der Waals surface area contributed by atoms with Gasteiger partial charge < -0.3 is 14.6 Å². The van der Waals surface area contributed by atoms with Crippen molar-refractivity contribution in [3.05, 3.63) is 10.1 Å². The first-order valence-electron chi connectivity index (χ1n) is 3.96. The molecule has 0 bridgehead atoms. The maximum absolute atomic E-state index is 10.5. The van der Waals surface area contributed by atoms with E-state index in [0.717, 1.165) is 0 Å². The quantitative estimate of drug-likeness (QED) is 0.361. The third kappa shape index (κ3) is 1.79. The normalized spacial score (nSPS) is 38.6. The van der Waals surface area contributed by atoms with Crippen LogP contribution in [-0.2, 0) is 9.47 Å². The lowest BCUT2D eigenvalue weighted by Gasteiger charge is -2.39. The van der Waals surface area contributed by atoms with E-state index >= 15 is 0 Å². The predicted molar refractivity (Wildman–Crippen MR) is 42.5 cm³/mol. The molecule has 2 atom stereocenters. The molecule has 1 aliphatic rings. The van der Waals surface area contributed by atoms with E-state index in [0.29, 0.717) is 0 Å². The summed E-state index contributed by atoms with van der Waals surface area (Å²) in [5.41, 5.74) is -2.13. The lowest BCUT2D eigenvalue weighted by atomic mass is 10.1. The molecule has 1 rings (SSSR count). The van der Waals surface area contributed by atoms with E-state index in [9.17, 15) is 15.2 Å². The molecule has 6 heteroatoms. The molecule has 0 aliphatic carbocycles. The van der Waals surface area contributed by atoms with Crippen molar-refractivity contribution < 1.29 is 19.5 Å². The Morgan fingerprint density at radius 1 is 1.62 bits per heavy atom. The highest BCUT2D eigenvalue weighted by atomic mass is 16.7. The van der Waals surface area contributed by atoms with Crippen LogP contribution in [0.25, 0.3) is 0 Å². The lowest BCUT2D eigenvalue weighted by molar-refractivity contribution is -0.658. The molecule has 13 heavy (non-hydrogen) atoms. The molecule has 1 fully saturated rings. The highest BCUT2D eigenvalue weighted by Crippen LogP contribution is 2.28. The Balaban J connectivity index is 2.79. The summed E-state index contributed by atoms with van der Waals surface area (Å²) in [4.78, 5) is 9.71. The van der Waals surface area contributed by atoms with E-state index in [1.165, 1.54) is 6.92 Å². The van der Waals surface area contributed by atoms with Gasteiger partial charge in [-0.2, -0.15) is 0 Å². The van der Waals surface area contributed by atoms with Crippen LogP contribution in [0.3, 0.4) is 0 Å². The zero-order valence-electron chi connectivity index (χ0n) is 7.81. The largest absolute Gasteiger partial charge is 0.371 e. The Hall–Kier alpha value is -0.720. The number of hydrogen-bond acceptors (Lipinski definition) is 5. The van der Waals surface area contributed by atoms with Crippen molar-refractivity contribution in [1.29, 1.82) is 0 Å². The summed E-state index contributed by atoms with van der Waals surface area (Å²) in [6, 6.07) is 0. The van der Waals surface area contributed by atoms with Crippen LogP contribution in [0.15, 0.2) is 0 Å². The zero-order valence-corrected chi connectivity index (χ0v) is 7.81. The summed E-state index contributed by atoms with van der Waals surface area (Å²) in [6.07, 6.45) is -0.883. The van der Waals surface area contributed by atoms with Gasteiger partial charge in [0.15, 0.2) is 18.5 Å². The second-order valence-electron chi connectivity index (χ2n) is 3.58. The standard InChI is InChI=1S/C7H13NO5/c1-5-7(9,8(10)11)4-12-6(2,3)13-5/h5,9H,4H2,1-3H3. The van der Waals surface area contributed by atoms with Gasteiger partial charge in [-0.1, -0.05) is 0 Å². The molecule has 0 aromatic rings. The van der Waals surface area contributed by atoms with Crippen LogP contribution in [0.5, 0.6) is 0 Å². The minimum Gasteiger partial charge on any atom is -0.340 e. The van der Waals surface area contributed by atoms with Gasteiger partial charge in [0.1, 0.15) is 0 Å². The minimum atomic E-state index is -2.13. The number of nitro groups is 1. The Morgan fingerprint density at radius 3 is 2.54 bits per heavy atom.